The summed E-state index contributed by atoms with van der Waals surface area (Å²) in [6.45, 7) is 12.4. The third-order valence-corrected chi connectivity index (χ3v) is 11.3. The van der Waals surface area contributed by atoms with Gasteiger partial charge in [0, 0.05) is 23.7 Å². The minimum Gasteiger partial charge on any atom is -0.365 e. The Balaban J connectivity index is 1.07. The number of aryl methyl sites for hydroxylation is 2. The molecule has 6 heteroatoms. The van der Waals surface area contributed by atoms with Gasteiger partial charge in [-0.1, -0.05) is 45.0 Å². The highest BCUT2D eigenvalue weighted by Crippen LogP contribution is 2.41. The van der Waals surface area contributed by atoms with E-state index in [4.69, 9.17) is 9.97 Å². The first-order chi connectivity index (χ1) is 21.9. The van der Waals surface area contributed by atoms with E-state index in [1.807, 2.05) is 6.20 Å². The number of imidazole rings is 2. The largest absolute Gasteiger partial charge is 0.365 e. The average Bonchev–Trinajstić information content (AvgIpc) is 3.86. The highest BCUT2D eigenvalue weighted by atomic mass is 15.2. The van der Waals surface area contributed by atoms with E-state index < -0.39 is 0 Å². The van der Waals surface area contributed by atoms with Crippen molar-refractivity contribution < 1.29 is 0 Å². The van der Waals surface area contributed by atoms with Crippen LogP contribution in [0.25, 0.3) is 44.2 Å². The zero-order valence-corrected chi connectivity index (χ0v) is 27.3. The van der Waals surface area contributed by atoms with Crippen LogP contribution in [0.5, 0.6) is 0 Å². The van der Waals surface area contributed by atoms with Gasteiger partial charge in [0.15, 0.2) is 0 Å². The number of nitrogens with zero attached hydrogens (tertiary/aromatic N) is 4. The Labute approximate surface area is 267 Å². The fourth-order valence-electron chi connectivity index (χ4n) is 8.21. The van der Waals surface area contributed by atoms with Gasteiger partial charge in [-0.15, -0.1) is 0 Å². The van der Waals surface area contributed by atoms with Crippen molar-refractivity contribution in [3.8, 4) is 22.4 Å². The molecule has 2 fully saturated rings. The molecule has 2 N–H and O–H groups in total. The van der Waals surface area contributed by atoms with Gasteiger partial charge >= 0.3 is 0 Å². The van der Waals surface area contributed by atoms with Crippen molar-refractivity contribution in [1.82, 2.24) is 29.7 Å². The van der Waals surface area contributed by atoms with Crippen LogP contribution in [0.15, 0.2) is 60.9 Å². The molecule has 3 aromatic carbocycles. The van der Waals surface area contributed by atoms with Crippen LogP contribution in [0.4, 0.5) is 0 Å². The minimum absolute atomic E-state index is 0.299. The summed E-state index contributed by atoms with van der Waals surface area (Å²) in [6, 6.07) is 17.5. The topological polar surface area (TPSA) is 63.8 Å². The molecule has 2 saturated heterocycles. The third kappa shape index (κ3) is 4.89. The van der Waals surface area contributed by atoms with E-state index >= 15 is 0 Å². The summed E-state index contributed by atoms with van der Waals surface area (Å²) in [5.74, 6) is 2.85. The lowest BCUT2D eigenvalue weighted by Gasteiger charge is -2.28. The van der Waals surface area contributed by atoms with Crippen LogP contribution < -0.4 is 0 Å². The fraction of sp³-hybridized carbons (Fsp3) is 0.436. The average molecular weight is 599 g/mol. The van der Waals surface area contributed by atoms with Gasteiger partial charge in [0.2, 0.25) is 0 Å². The number of rotatable bonds is 7. The summed E-state index contributed by atoms with van der Waals surface area (Å²) in [5, 5.41) is 2.53. The SMILES string of the molecule is C=C(CC(C)CC)N1CCCC1c1ncc(-c2ccc3c(c2)CCc2cc4c(ccc5[nH]c(C6CC[C@H](C)N6C)nc54)cc2-3)[nH]1. The summed E-state index contributed by atoms with van der Waals surface area (Å²) in [7, 11) is 2.23. The van der Waals surface area contributed by atoms with Crippen LogP contribution >= 0.6 is 0 Å². The second-order valence-electron chi connectivity index (χ2n) is 14.1. The Morgan fingerprint density at radius 3 is 2.62 bits per heavy atom. The molecule has 0 bridgehead atoms. The molecule has 1 aliphatic carbocycles. The minimum atomic E-state index is 0.299. The number of aromatic nitrogens is 4. The second kappa shape index (κ2) is 11.2. The number of nitrogens with one attached hydrogen (secondary N) is 2. The zero-order valence-electron chi connectivity index (χ0n) is 27.3. The monoisotopic (exact) mass is 598 g/mol. The molecule has 3 aliphatic rings. The van der Waals surface area contributed by atoms with Crippen molar-refractivity contribution in [1.29, 1.82) is 0 Å². The molecule has 0 radical (unpaired) electrons. The van der Waals surface area contributed by atoms with Crippen molar-refractivity contribution >= 4 is 21.8 Å². The summed E-state index contributed by atoms with van der Waals surface area (Å²) >= 11 is 0. The number of aromatic amines is 2. The summed E-state index contributed by atoms with van der Waals surface area (Å²) < 4.78 is 0. The van der Waals surface area contributed by atoms with Crippen molar-refractivity contribution in [3.05, 3.63) is 83.7 Å². The number of H-pyrrole nitrogens is 2. The molecule has 3 unspecified atom stereocenters. The van der Waals surface area contributed by atoms with Gasteiger partial charge in [-0.3, -0.25) is 4.90 Å². The molecule has 5 aromatic rings. The van der Waals surface area contributed by atoms with Gasteiger partial charge in [-0.2, -0.15) is 0 Å². The van der Waals surface area contributed by atoms with Crippen LogP contribution in [-0.4, -0.2) is 49.4 Å². The maximum absolute atomic E-state index is 5.19. The molecule has 6 nitrogen and oxygen atoms in total. The standard InChI is InChI=1S/C39H46N6/c1-6-23(2)18-25(4)45-17-7-8-36(45)38-40-22-34(42-38)29-12-14-30-26(19-29)10-11-27-21-32-28(20-31(27)30)13-15-33-37(32)43-39(41-33)35-16-9-24(3)44(35)5/h12-15,19-24,35-36H,4,6-11,16-18H2,1-3,5H3,(H,40,42)(H,41,43)/t23?,24-,35?,36?/m0/s1. The Bertz CT molecular complexity index is 1910. The highest BCUT2D eigenvalue weighted by Gasteiger charge is 2.32. The van der Waals surface area contributed by atoms with E-state index in [-0.39, 0.29) is 0 Å². The molecule has 8 rings (SSSR count). The second-order valence-corrected chi connectivity index (χ2v) is 14.1. The Hall–Kier alpha value is -3.90. The number of likely N-dealkylation sites (tertiary alicyclic amines) is 2. The molecule has 232 valence electrons. The van der Waals surface area contributed by atoms with E-state index in [0.717, 1.165) is 67.0 Å². The molecule has 0 amide bonds. The molecule has 2 aliphatic heterocycles. The Morgan fingerprint density at radius 2 is 1.82 bits per heavy atom. The number of hydrogen-bond donors (Lipinski definition) is 2. The maximum Gasteiger partial charge on any atom is 0.129 e. The molecule has 2 aromatic heterocycles. The molecule has 4 atom stereocenters. The number of fused-ring (bicyclic) bond motifs is 6. The first kappa shape index (κ1) is 28.6. The Kier molecular flexibility index (Phi) is 7.09. The molecule has 0 saturated carbocycles. The van der Waals surface area contributed by atoms with Crippen LogP contribution in [0.1, 0.15) is 94.2 Å². The van der Waals surface area contributed by atoms with Gasteiger partial charge in [0.1, 0.15) is 11.6 Å². The molecule has 45 heavy (non-hydrogen) atoms. The fourth-order valence-corrected chi connectivity index (χ4v) is 8.21. The molecule has 0 spiro atoms. The maximum atomic E-state index is 5.19. The molecular weight excluding hydrogens is 552 g/mol. The van der Waals surface area contributed by atoms with E-state index in [1.54, 1.807) is 0 Å². The third-order valence-electron chi connectivity index (χ3n) is 11.3. The van der Waals surface area contributed by atoms with Gasteiger partial charge in [-0.05, 0) is 122 Å². The lowest BCUT2D eigenvalue weighted by molar-refractivity contribution is 0.249. The number of benzene rings is 3. The van der Waals surface area contributed by atoms with Crippen molar-refractivity contribution in [2.24, 2.45) is 5.92 Å². The Morgan fingerprint density at radius 1 is 0.978 bits per heavy atom. The van der Waals surface area contributed by atoms with Gasteiger partial charge < -0.3 is 14.9 Å². The van der Waals surface area contributed by atoms with E-state index in [9.17, 15) is 0 Å². The van der Waals surface area contributed by atoms with Crippen LogP contribution in [0.2, 0.25) is 0 Å². The highest BCUT2D eigenvalue weighted by molar-refractivity contribution is 6.06. The van der Waals surface area contributed by atoms with E-state index in [1.165, 1.54) is 63.5 Å². The number of hydrogen-bond acceptors (Lipinski definition) is 4. The first-order valence-electron chi connectivity index (χ1n) is 17.2. The van der Waals surface area contributed by atoms with Gasteiger partial charge in [-0.25, -0.2) is 9.97 Å². The van der Waals surface area contributed by atoms with Crippen molar-refractivity contribution in [2.75, 3.05) is 13.6 Å². The van der Waals surface area contributed by atoms with Crippen LogP contribution in [0.3, 0.4) is 0 Å². The normalized spacial score (nSPS) is 22.3. The molecule has 4 heterocycles. The quantitative estimate of drug-likeness (QED) is 0.196. The van der Waals surface area contributed by atoms with Gasteiger partial charge in [0.05, 0.1) is 35.0 Å². The van der Waals surface area contributed by atoms with Crippen LogP contribution in [-0.2, 0) is 12.8 Å². The predicted molar refractivity (Wildman–Crippen MR) is 185 cm³/mol. The number of allylic oxidation sites excluding steroid dienone is 1. The lowest BCUT2D eigenvalue weighted by atomic mass is 9.83. The smallest absolute Gasteiger partial charge is 0.129 e. The van der Waals surface area contributed by atoms with Gasteiger partial charge in [0.25, 0.3) is 0 Å². The zero-order chi connectivity index (χ0) is 30.8. The molecular formula is C39H46N6. The van der Waals surface area contributed by atoms with E-state index in [0.29, 0.717) is 24.0 Å². The summed E-state index contributed by atoms with van der Waals surface area (Å²) in [5.41, 5.74) is 11.4. The van der Waals surface area contributed by atoms with Crippen molar-refractivity contribution in [3.63, 3.8) is 0 Å². The summed E-state index contributed by atoms with van der Waals surface area (Å²) in [4.78, 5) is 22.4. The van der Waals surface area contributed by atoms with Crippen molar-refractivity contribution in [2.45, 2.75) is 90.3 Å². The predicted octanol–water partition coefficient (Wildman–Crippen LogP) is 9.11. The summed E-state index contributed by atoms with van der Waals surface area (Å²) in [6.07, 6.45) is 11.1. The first-order valence-corrected chi connectivity index (χ1v) is 17.2. The lowest BCUT2D eigenvalue weighted by Crippen LogP contribution is -2.25. The van der Waals surface area contributed by atoms with Crippen LogP contribution in [0, 0.1) is 5.92 Å². The van der Waals surface area contributed by atoms with E-state index in [2.05, 4.69) is 96.6 Å².